The number of hydrogen-bond acceptors (Lipinski definition) is 6. The molecule has 0 unspecified atom stereocenters. The van der Waals surface area contributed by atoms with Gasteiger partial charge in [0.05, 0.1) is 34.9 Å². The first-order valence-corrected chi connectivity index (χ1v) is 9.23. The van der Waals surface area contributed by atoms with E-state index in [-0.39, 0.29) is 6.61 Å². The van der Waals surface area contributed by atoms with E-state index in [9.17, 15) is 5.11 Å². The molecule has 8 heteroatoms. The first-order valence-electron chi connectivity index (χ1n) is 8.41. The molecule has 0 radical (unpaired) electrons. The van der Waals surface area contributed by atoms with Gasteiger partial charge in [0.15, 0.2) is 5.82 Å². The molecule has 0 aliphatic rings. The third-order valence-corrected chi connectivity index (χ3v) is 4.82. The summed E-state index contributed by atoms with van der Waals surface area (Å²) in [5.41, 5.74) is 2.71. The maximum absolute atomic E-state index is 9.27. The van der Waals surface area contributed by atoms with Gasteiger partial charge in [-0.25, -0.2) is 9.67 Å². The fourth-order valence-electron chi connectivity index (χ4n) is 2.62. The molecule has 7 nitrogen and oxygen atoms in total. The van der Waals surface area contributed by atoms with Gasteiger partial charge in [-0.05, 0) is 49.1 Å². The lowest BCUT2D eigenvalue weighted by molar-refractivity contribution is 0.280. The number of rotatable bonds is 6. The Morgan fingerprint density at radius 3 is 2.78 bits per heavy atom. The fraction of sp³-hybridized carbons (Fsp3) is 0.211. The summed E-state index contributed by atoms with van der Waals surface area (Å²) >= 11 is 1.45. The predicted octanol–water partition coefficient (Wildman–Crippen LogP) is 1.19. The minimum atomic E-state index is -0.0188. The standard InChI is InChI=1S/C19H22N6OS/c1-5-6-17(19-14(3)8-21-24(19)4)23-27-16-10-22-25(11-16)18-7-13(2)15(12-26)9-20-18/h5-11,23,26H,3,12H2,1-2,4H3/b6-5-,19-17-. The Bertz CT molecular complexity index is 1080. The zero-order chi connectivity index (χ0) is 19.4. The Kier molecular flexibility index (Phi) is 5.78. The Balaban J connectivity index is 1.83. The third-order valence-electron chi connectivity index (χ3n) is 4.05. The van der Waals surface area contributed by atoms with Crippen LogP contribution in [-0.2, 0) is 13.7 Å². The fourth-order valence-corrected chi connectivity index (χ4v) is 3.26. The molecule has 3 heterocycles. The number of hydrogen-bond donors (Lipinski definition) is 2. The van der Waals surface area contributed by atoms with Crippen LogP contribution in [0.1, 0.15) is 18.1 Å². The molecule has 2 N–H and O–H groups in total. The molecule has 0 atom stereocenters. The average Bonchev–Trinajstić information content (AvgIpc) is 3.26. The smallest absolute Gasteiger partial charge is 0.153 e. The SMILES string of the molecule is C=c1cnn(C)/c1=C(/C=C\C)NSc1cnn(-c2cc(C)c(CO)cn2)c1. The van der Waals surface area contributed by atoms with Gasteiger partial charge in [-0.3, -0.25) is 4.68 Å². The first kappa shape index (κ1) is 18.9. The summed E-state index contributed by atoms with van der Waals surface area (Å²) in [6.45, 7) is 7.93. The number of aliphatic hydroxyl groups is 1. The molecule has 27 heavy (non-hydrogen) atoms. The number of aryl methyl sites for hydroxylation is 2. The van der Waals surface area contributed by atoms with Crippen molar-refractivity contribution >= 4 is 24.2 Å². The van der Waals surface area contributed by atoms with Crippen LogP contribution in [0, 0.1) is 6.92 Å². The molecule has 0 bridgehead atoms. The zero-order valence-corrected chi connectivity index (χ0v) is 16.4. The molecule has 0 saturated carbocycles. The number of aliphatic hydroxyl groups excluding tert-OH is 1. The van der Waals surface area contributed by atoms with E-state index in [1.54, 1.807) is 28.0 Å². The molecule has 0 aliphatic carbocycles. The van der Waals surface area contributed by atoms with Crippen molar-refractivity contribution in [1.82, 2.24) is 29.3 Å². The van der Waals surface area contributed by atoms with E-state index >= 15 is 0 Å². The van der Waals surface area contributed by atoms with Gasteiger partial charge >= 0.3 is 0 Å². The lowest BCUT2D eigenvalue weighted by Crippen LogP contribution is -2.32. The highest BCUT2D eigenvalue weighted by Crippen LogP contribution is 2.18. The Morgan fingerprint density at radius 1 is 1.33 bits per heavy atom. The summed E-state index contributed by atoms with van der Waals surface area (Å²) in [6, 6.07) is 1.91. The van der Waals surface area contributed by atoms with E-state index in [0.29, 0.717) is 5.82 Å². The summed E-state index contributed by atoms with van der Waals surface area (Å²) < 4.78 is 6.86. The Labute approximate surface area is 161 Å². The third kappa shape index (κ3) is 4.12. The lowest BCUT2D eigenvalue weighted by Gasteiger charge is -2.06. The molecule has 3 aromatic heterocycles. The van der Waals surface area contributed by atoms with E-state index in [2.05, 4.69) is 26.5 Å². The van der Waals surface area contributed by atoms with E-state index in [4.69, 9.17) is 0 Å². The molecule has 3 aromatic rings. The lowest BCUT2D eigenvalue weighted by atomic mass is 10.2. The maximum Gasteiger partial charge on any atom is 0.153 e. The van der Waals surface area contributed by atoms with Gasteiger partial charge in [-0.1, -0.05) is 12.7 Å². The quantitative estimate of drug-likeness (QED) is 0.624. The van der Waals surface area contributed by atoms with E-state index < -0.39 is 0 Å². The van der Waals surface area contributed by atoms with E-state index in [1.165, 1.54) is 11.9 Å². The van der Waals surface area contributed by atoms with Crippen LogP contribution in [-0.4, -0.2) is 29.7 Å². The van der Waals surface area contributed by atoms with Crippen LogP contribution < -0.4 is 15.3 Å². The van der Waals surface area contributed by atoms with Crippen molar-refractivity contribution in [2.45, 2.75) is 25.3 Å². The minimum absolute atomic E-state index is 0.0188. The highest BCUT2D eigenvalue weighted by Gasteiger charge is 2.07. The van der Waals surface area contributed by atoms with Gasteiger partial charge in [0, 0.05) is 24.7 Å². The van der Waals surface area contributed by atoms with Crippen molar-refractivity contribution in [3.05, 3.63) is 64.7 Å². The van der Waals surface area contributed by atoms with Crippen molar-refractivity contribution in [2.24, 2.45) is 7.05 Å². The van der Waals surface area contributed by atoms with Crippen molar-refractivity contribution in [2.75, 3.05) is 0 Å². The molecule has 0 spiro atoms. The van der Waals surface area contributed by atoms with Crippen molar-refractivity contribution in [3.63, 3.8) is 0 Å². The summed E-state index contributed by atoms with van der Waals surface area (Å²) in [6.07, 6.45) is 11.0. The van der Waals surface area contributed by atoms with Crippen LogP contribution in [0.15, 0.2) is 47.9 Å². The second kappa shape index (κ2) is 8.24. The van der Waals surface area contributed by atoms with Crippen molar-refractivity contribution < 1.29 is 5.11 Å². The molecular formula is C19H22N6OS. The molecule has 0 fully saturated rings. The van der Waals surface area contributed by atoms with Gasteiger partial charge in [0.1, 0.15) is 0 Å². The summed E-state index contributed by atoms with van der Waals surface area (Å²) in [5.74, 6) is 0.709. The van der Waals surface area contributed by atoms with Gasteiger partial charge < -0.3 is 9.83 Å². The minimum Gasteiger partial charge on any atom is -0.392 e. The summed E-state index contributed by atoms with van der Waals surface area (Å²) in [5, 5.41) is 19.7. The van der Waals surface area contributed by atoms with Crippen molar-refractivity contribution in [1.29, 1.82) is 0 Å². The van der Waals surface area contributed by atoms with Crippen LogP contribution in [0.25, 0.3) is 18.1 Å². The number of pyridine rings is 1. The number of allylic oxidation sites excluding steroid dienone is 1. The Hall–Kier alpha value is -2.84. The van der Waals surface area contributed by atoms with E-state index in [1.807, 2.05) is 45.3 Å². The van der Waals surface area contributed by atoms with Crippen LogP contribution in [0.3, 0.4) is 0 Å². The van der Waals surface area contributed by atoms with Gasteiger partial charge in [0.2, 0.25) is 0 Å². The molecule has 0 saturated heterocycles. The highest BCUT2D eigenvalue weighted by molar-refractivity contribution is 7.97. The van der Waals surface area contributed by atoms with Gasteiger partial charge in [-0.15, -0.1) is 0 Å². The first-order chi connectivity index (χ1) is 13.0. The maximum atomic E-state index is 9.27. The molecule has 3 rings (SSSR count). The summed E-state index contributed by atoms with van der Waals surface area (Å²) in [4.78, 5) is 5.30. The van der Waals surface area contributed by atoms with Gasteiger partial charge in [-0.2, -0.15) is 10.2 Å². The second-order valence-corrected chi connectivity index (χ2v) is 6.89. The molecule has 0 amide bonds. The highest BCUT2D eigenvalue weighted by atomic mass is 32.2. The number of nitrogens with zero attached hydrogens (tertiary/aromatic N) is 5. The topological polar surface area (TPSA) is 80.8 Å². The summed E-state index contributed by atoms with van der Waals surface area (Å²) in [7, 11) is 1.89. The van der Waals surface area contributed by atoms with Gasteiger partial charge in [0.25, 0.3) is 0 Å². The molecule has 0 aromatic carbocycles. The Morgan fingerprint density at radius 2 is 2.15 bits per heavy atom. The number of aromatic nitrogens is 5. The van der Waals surface area contributed by atoms with Crippen LogP contribution in [0.2, 0.25) is 0 Å². The van der Waals surface area contributed by atoms with Crippen LogP contribution >= 0.6 is 11.9 Å². The zero-order valence-electron chi connectivity index (χ0n) is 15.5. The van der Waals surface area contributed by atoms with Crippen LogP contribution in [0.4, 0.5) is 0 Å². The predicted molar refractivity (Wildman–Crippen MR) is 107 cm³/mol. The molecular weight excluding hydrogens is 360 g/mol. The molecule has 0 aliphatic heterocycles. The van der Waals surface area contributed by atoms with Crippen molar-refractivity contribution in [3.8, 4) is 5.82 Å². The monoisotopic (exact) mass is 382 g/mol. The second-order valence-electron chi connectivity index (χ2n) is 6.01. The van der Waals surface area contributed by atoms with Crippen LogP contribution in [0.5, 0.6) is 0 Å². The number of nitrogens with one attached hydrogen (secondary N) is 1. The average molecular weight is 382 g/mol. The largest absolute Gasteiger partial charge is 0.392 e. The normalized spacial score (nSPS) is 12.6. The van der Waals surface area contributed by atoms with E-state index in [0.717, 1.165) is 32.3 Å². The molecule has 140 valence electrons.